The molecule has 0 saturated heterocycles. The van der Waals surface area contributed by atoms with Gasteiger partial charge in [0.15, 0.2) is 0 Å². The van der Waals surface area contributed by atoms with Crippen LogP contribution >= 0.6 is 15.9 Å². The summed E-state index contributed by atoms with van der Waals surface area (Å²) in [6.45, 7) is 2.88. The zero-order chi connectivity index (χ0) is 13.8. The molecule has 0 aliphatic carbocycles. The number of aliphatic hydroxyl groups is 1. The number of aliphatic hydroxyl groups excluding tert-OH is 1. The van der Waals surface area contributed by atoms with Crippen molar-refractivity contribution < 1.29 is 9.50 Å². The van der Waals surface area contributed by atoms with Crippen LogP contribution in [0.2, 0.25) is 0 Å². The van der Waals surface area contributed by atoms with Gasteiger partial charge in [-0.2, -0.15) is 5.10 Å². The minimum absolute atomic E-state index is 0.239. The highest BCUT2D eigenvalue weighted by molar-refractivity contribution is 9.10. The molecule has 0 spiro atoms. The van der Waals surface area contributed by atoms with Gasteiger partial charge in [-0.25, -0.2) is 4.39 Å². The van der Waals surface area contributed by atoms with Gasteiger partial charge in [0, 0.05) is 29.2 Å². The van der Waals surface area contributed by atoms with Gasteiger partial charge in [-0.15, -0.1) is 0 Å². The number of rotatable bonds is 5. The molecule has 2 rings (SSSR count). The fraction of sp³-hybridized carbons (Fsp3) is 0.357. The molecule has 1 aromatic carbocycles. The van der Waals surface area contributed by atoms with E-state index >= 15 is 0 Å². The highest BCUT2D eigenvalue weighted by Crippen LogP contribution is 2.22. The first-order valence-corrected chi connectivity index (χ1v) is 7.03. The Labute approximate surface area is 120 Å². The van der Waals surface area contributed by atoms with Gasteiger partial charge in [-0.05, 0) is 30.2 Å². The maximum absolute atomic E-state index is 13.6. The zero-order valence-corrected chi connectivity index (χ0v) is 12.3. The van der Waals surface area contributed by atoms with Crippen molar-refractivity contribution in [3.8, 4) is 0 Å². The van der Waals surface area contributed by atoms with Gasteiger partial charge in [0.2, 0.25) is 0 Å². The largest absolute Gasteiger partial charge is 0.388 e. The van der Waals surface area contributed by atoms with Crippen LogP contribution in [0.4, 0.5) is 4.39 Å². The summed E-state index contributed by atoms with van der Waals surface area (Å²) in [6, 6.07) is 4.73. The average molecular weight is 327 g/mol. The van der Waals surface area contributed by atoms with Gasteiger partial charge in [-0.3, -0.25) is 4.68 Å². The van der Waals surface area contributed by atoms with Crippen LogP contribution in [-0.2, 0) is 13.0 Å². The molecule has 0 amide bonds. The molecule has 19 heavy (non-hydrogen) atoms. The van der Waals surface area contributed by atoms with Crippen LogP contribution in [0.15, 0.2) is 35.1 Å². The lowest BCUT2D eigenvalue weighted by atomic mass is 10.0. The van der Waals surface area contributed by atoms with Crippen LogP contribution < -0.4 is 0 Å². The number of hydrogen-bond acceptors (Lipinski definition) is 2. The Kier molecular flexibility index (Phi) is 4.71. The molecule has 1 unspecified atom stereocenters. The fourth-order valence-corrected chi connectivity index (χ4v) is 2.34. The maximum atomic E-state index is 13.6. The molecule has 0 fully saturated rings. The molecular weight excluding hydrogens is 311 g/mol. The Bertz CT molecular complexity index is 556. The van der Waals surface area contributed by atoms with Gasteiger partial charge in [0.25, 0.3) is 0 Å². The smallest absolute Gasteiger partial charge is 0.126 e. The third-order valence-corrected chi connectivity index (χ3v) is 3.40. The van der Waals surface area contributed by atoms with Crippen LogP contribution in [0.1, 0.15) is 30.6 Å². The summed E-state index contributed by atoms with van der Waals surface area (Å²) in [6.07, 6.45) is 3.93. The van der Waals surface area contributed by atoms with Crippen molar-refractivity contribution in [1.82, 2.24) is 9.78 Å². The monoisotopic (exact) mass is 326 g/mol. The van der Waals surface area contributed by atoms with E-state index in [2.05, 4.69) is 28.0 Å². The topological polar surface area (TPSA) is 38.0 Å². The number of benzene rings is 1. The third-order valence-electron chi connectivity index (χ3n) is 2.91. The molecule has 1 heterocycles. The Balaban J connectivity index is 2.11. The second kappa shape index (κ2) is 6.30. The number of aromatic nitrogens is 2. The van der Waals surface area contributed by atoms with E-state index in [0.717, 1.165) is 17.4 Å². The molecule has 0 aliphatic rings. The first kappa shape index (κ1) is 14.2. The minimum atomic E-state index is -0.741. The number of nitrogens with zero attached hydrogens (tertiary/aromatic N) is 2. The lowest BCUT2D eigenvalue weighted by Crippen LogP contribution is -2.03. The van der Waals surface area contributed by atoms with Gasteiger partial charge < -0.3 is 5.11 Å². The van der Waals surface area contributed by atoms with Crippen LogP contribution in [0.5, 0.6) is 0 Å². The lowest BCUT2D eigenvalue weighted by Gasteiger charge is -2.09. The molecule has 5 heteroatoms. The summed E-state index contributed by atoms with van der Waals surface area (Å²) in [5.41, 5.74) is 1.21. The van der Waals surface area contributed by atoms with Crippen molar-refractivity contribution in [2.45, 2.75) is 32.4 Å². The van der Waals surface area contributed by atoms with Crippen molar-refractivity contribution in [2.24, 2.45) is 0 Å². The van der Waals surface area contributed by atoms with Crippen LogP contribution in [0, 0.1) is 5.82 Å². The molecule has 0 aliphatic heterocycles. The first-order chi connectivity index (χ1) is 9.10. The van der Waals surface area contributed by atoms with E-state index in [4.69, 9.17) is 0 Å². The third kappa shape index (κ3) is 3.64. The number of halogens is 2. The Morgan fingerprint density at radius 2 is 2.26 bits per heavy atom. The van der Waals surface area contributed by atoms with Gasteiger partial charge in [-0.1, -0.05) is 22.9 Å². The number of hydrogen-bond donors (Lipinski definition) is 1. The van der Waals surface area contributed by atoms with Crippen LogP contribution in [-0.4, -0.2) is 14.9 Å². The van der Waals surface area contributed by atoms with Crippen molar-refractivity contribution in [1.29, 1.82) is 0 Å². The predicted octanol–water partition coefficient (Wildman–Crippen LogP) is 3.47. The van der Waals surface area contributed by atoms with Gasteiger partial charge in [0.1, 0.15) is 5.82 Å². The second-order valence-electron chi connectivity index (χ2n) is 4.49. The standard InChI is InChI=1S/C14H16BrFN2O/c1-2-5-18-9-11(8-17-18)14(19)7-10-6-12(15)3-4-13(10)16/h3-4,6,8-9,14,19H,2,5,7H2,1H3. The quantitative estimate of drug-likeness (QED) is 0.913. The fourth-order valence-electron chi connectivity index (χ4n) is 1.93. The highest BCUT2D eigenvalue weighted by Gasteiger charge is 2.13. The summed E-state index contributed by atoms with van der Waals surface area (Å²) < 4.78 is 16.2. The lowest BCUT2D eigenvalue weighted by molar-refractivity contribution is 0.177. The van der Waals surface area contributed by atoms with Crippen LogP contribution in [0.25, 0.3) is 0 Å². The van der Waals surface area contributed by atoms with E-state index < -0.39 is 6.10 Å². The Morgan fingerprint density at radius 3 is 3.00 bits per heavy atom. The van der Waals surface area contributed by atoms with Crippen LogP contribution in [0.3, 0.4) is 0 Å². The number of aryl methyl sites for hydroxylation is 1. The molecule has 102 valence electrons. The molecule has 1 N–H and O–H groups in total. The SMILES string of the molecule is CCCn1cc(C(O)Cc2cc(Br)ccc2F)cn1. The highest BCUT2D eigenvalue weighted by atomic mass is 79.9. The summed E-state index contributed by atoms with van der Waals surface area (Å²) >= 11 is 3.30. The molecule has 3 nitrogen and oxygen atoms in total. The molecular formula is C14H16BrFN2O. The first-order valence-electron chi connectivity index (χ1n) is 6.24. The van der Waals surface area contributed by atoms with Crippen molar-refractivity contribution >= 4 is 15.9 Å². The Hall–Kier alpha value is -1.20. The molecule has 1 atom stereocenters. The van der Waals surface area contributed by atoms with Crippen molar-refractivity contribution in [2.75, 3.05) is 0 Å². The molecule has 1 aromatic heterocycles. The molecule has 0 radical (unpaired) electrons. The average Bonchev–Trinajstić information content (AvgIpc) is 2.83. The predicted molar refractivity (Wildman–Crippen MR) is 75.3 cm³/mol. The van der Waals surface area contributed by atoms with E-state index in [-0.39, 0.29) is 12.2 Å². The van der Waals surface area contributed by atoms with Gasteiger partial charge >= 0.3 is 0 Å². The zero-order valence-electron chi connectivity index (χ0n) is 10.7. The van der Waals surface area contributed by atoms with Crippen molar-refractivity contribution in [3.63, 3.8) is 0 Å². The Morgan fingerprint density at radius 1 is 1.47 bits per heavy atom. The van der Waals surface area contributed by atoms with Crippen molar-refractivity contribution in [3.05, 3.63) is 52.0 Å². The molecule has 2 aromatic rings. The normalized spacial score (nSPS) is 12.6. The molecule has 0 saturated carbocycles. The van der Waals surface area contributed by atoms with Gasteiger partial charge in [0.05, 0.1) is 12.3 Å². The van der Waals surface area contributed by atoms with E-state index in [9.17, 15) is 9.50 Å². The summed E-state index contributed by atoms with van der Waals surface area (Å²) in [7, 11) is 0. The van der Waals surface area contributed by atoms with E-state index in [1.807, 2.05) is 6.20 Å². The van der Waals surface area contributed by atoms with E-state index in [1.54, 1.807) is 23.0 Å². The summed E-state index contributed by atoms with van der Waals surface area (Å²) in [5, 5.41) is 14.3. The van der Waals surface area contributed by atoms with E-state index in [1.165, 1.54) is 6.07 Å². The minimum Gasteiger partial charge on any atom is -0.388 e. The van der Waals surface area contributed by atoms with E-state index in [0.29, 0.717) is 11.1 Å². The summed E-state index contributed by atoms with van der Waals surface area (Å²) in [5.74, 6) is -0.303. The molecule has 0 bridgehead atoms. The summed E-state index contributed by atoms with van der Waals surface area (Å²) in [4.78, 5) is 0. The maximum Gasteiger partial charge on any atom is 0.126 e. The second-order valence-corrected chi connectivity index (χ2v) is 5.41.